The number of aromatic nitrogens is 2. The zero-order valence-electron chi connectivity index (χ0n) is 15.1. The van der Waals surface area contributed by atoms with E-state index in [1.807, 2.05) is 4.90 Å². The molecule has 2 saturated heterocycles. The average molecular weight is 349 g/mol. The normalized spacial score (nSPS) is 19.5. The number of hydrogen-bond acceptors (Lipinski definition) is 6. The van der Waals surface area contributed by atoms with Crippen molar-refractivity contribution in [3.8, 4) is 0 Å². The molecule has 9 heteroatoms. The van der Waals surface area contributed by atoms with Gasteiger partial charge in [0.25, 0.3) is 0 Å². The number of aryl methyl sites for hydroxylation is 1. The van der Waals surface area contributed by atoms with Gasteiger partial charge < -0.3 is 19.6 Å². The zero-order chi connectivity index (χ0) is 17.6. The number of nitrogens with zero attached hydrogens (tertiary/aromatic N) is 6. The lowest BCUT2D eigenvalue weighted by Gasteiger charge is -2.36. The summed E-state index contributed by atoms with van der Waals surface area (Å²) in [7, 11) is 1.77. The molecule has 1 aromatic heterocycles. The van der Waals surface area contributed by atoms with Gasteiger partial charge >= 0.3 is 0 Å². The van der Waals surface area contributed by atoms with Crippen LogP contribution in [0.1, 0.15) is 24.6 Å². The molecule has 1 amide bonds. The van der Waals surface area contributed by atoms with Gasteiger partial charge in [-0.2, -0.15) is 4.98 Å². The van der Waals surface area contributed by atoms with Gasteiger partial charge in [-0.25, -0.2) is 0 Å². The highest BCUT2D eigenvalue weighted by atomic mass is 16.5. The van der Waals surface area contributed by atoms with Gasteiger partial charge in [0, 0.05) is 53.2 Å². The van der Waals surface area contributed by atoms with Crippen LogP contribution in [0.4, 0.5) is 0 Å². The lowest BCUT2D eigenvalue weighted by atomic mass is 10.3. The Hall–Kier alpha value is -2.16. The van der Waals surface area contributed by atoms with Gasteiger partial charge in [0.2, 0.25) is 11.8 Å². The maximum Gasteiger partial charge on any atom is 0.236 e. The topological polar surface area (TPSA) is 90.1 Å². The Morgan fingerprint density at radius 3 is 2.48 bits per heavy atom. The van der Waals surface area contributed by atoms with Crippen molar-refractivity contribution in [1.82, 2.24) is 30.2 Å². The van der Waals surface area contributed by atoms with Gasteiger partial charge in [-0.05, 0) is 12.8 Å². The number of piperazine rings is 1. The first-order valence-corrected chi connectivity index (χ1v) is 8.90. The molecule has 0 saturated carbocycles. The Balaban J connectivity index is 1.43. The minimum absolute atomic E-state index is 0.265. The fourth-order valence-corrected chi connectivity index (χ4v) is 3.28. The lowest BCUT2D eigenvalue weighted by molar-refractivity contribution is -0.131. The van der Waals surface area contributed by atoms with Crippen LogP contribution in [0.2, 0.25) is 0 Å². The summed E-state index contributed by atoms with van der Waals surface area (Å²) < 4.78 is 4.97. The molecule has 0 spiro atoms. The summed E-state index contributed by atoms with van der Waals surface area (Å²) in [6, 6.07) is 0. The van der Waals surface area contributed by atoms with Crippen molar-refractivity contribution in [3.05, 3.63) is 11.7 Å². The van der Waals surface area contributed by atoms with Crippen molar-refractivity contribution in [1.29, 1.82) is 0 Å². The summed E-state index contributed by atoms with van der Waals surface area (Å²) in [4.78, 5) is 27.2. The Morgan fingerprint density at radius 1 is 1.16 bits per heavy atom. The fourth-order valence-electron chi connectivity index (χ4n) is 3.28. The van der Waals surface area contributed by atoms with E-state index < -0.39 is 0 Å². The molecule has 0 aromatic carbocycles. The molecular weight excluding hydrogens is 322 g/mol. The second-order valence-electron chi connectivity index (χ2n) is 6.48. The first-order valence-electron chi connectivity index (χ1n) is 8.90. The van der Waals surface area contributed by atoms with E-state index in [2.05, 4.69) is 30.2 Å². The van der Waals surface area contributed by atoms with E-state index in [9.17, 15) is 4.79 Å². The van der Waals surface area contributed by atoms with Crippen molar-refractivity contribution < 1.29 is 9.32 Å². The van der Waals surface area contributed by atoms with Crippen LogP contribution in [0.15, 0.2) is 9.52 Å². The molecule has 0 aliphatic carbocycles. The van der Waals surface area contributed by atoms with E-state index in [0.717, 1.165) is 58.1 Å². The molecule has 0 atom stereocenters. The third-order valence-corrected chi connectivity index (χ3v) is 4.68. The first-order chi connectivity index (χ1) is 12.2. The molecule has 2 aliphatic heterocycles. The maximum absolute atomic E-state index is 12.3. The van der Waals surface area contributed by atoms with Crippen molar-refractivity contribution >= 4 is 11.9 Å². The Bertz CT molecular complexity index is 601. The summed E-state index contributed by atoms with van der Waals surface area (Å²) in [5.41, 5.74) is 0. The largest absolute Gasteiger partial charge is 0.349 e. The van der Waals surface area contributed by atoms with E-state index in [4.69, 9.17) is 4.52 Å². The molecule has 25 heavy (non-hydrogen) atoms. The monoisotopic (exact) mass is 349 g/mol. The van der Waals surface area contributed by atoms with Crippen molar-refractivity contribution in [3.63, 3.8) is 0 Å². The first kappa shape index (κ1) is 17.7. The van der Waals surface area contributed by atoms with Crippen LogP contribution in [-0.4, -0.2) is 89.6 Å². The second-order valence-corrected chi connectivity index (χ2v) is 6.48. The molecule has 1 aromatic rings. The maximum atomic E-state index is 12.3. The number of amides is 1. The van der Waals surface area contributed by atoms with Gasteiger partial charge in [0.1, 0.15) is 0 Å². The summed E-state index contributed by atoms with van der Waals surface area (Å²) in [5, 5.41) is 7.14. The highest BCUT2D eigenvalue weighted by Gasteiger charge is 2.24. The van der Waals surface area contributed by atoms with Gasteiger partial charge in [-0.1, -0.05) is 5.16 Å². The number of likely N-dealkylation sites (tertiary alicyclic amines) is 1. The Kier molecular flexibility index (Phi) is 5.85. The molecule has 9 nitrogen and oxygen atoms in total. The van der Waals surface area contributed by atoms with Crippen LogP contribution in [0.5, 0.6) is 0 Å². The summed E-state index contributed by atoms with van der Waals surface area (Å²) in [6.07, 6.45) is 2.28. The van der Waals surface area contributed by atoms with Crippen LogP contribution in [0.3, 0.4) is 0 Å². The van der Waals surface area contributed by atoms with Crippen molar-refractivity contribution in [2.45, 2.75) is 26.3 Å². The van der Waals surface area contributed by atoms with E-state index in [0.29, 0.717) is 24.8 Å². The van der Waals surface area contributed by atoms with E-state index in [1.54, 1.807) is 14.0 Å². The molecule has 0 radical (unpaired) electrons. The van der Waals surface area contributed by atoms with Crippen molar-refractivity contribution in [2.75, 3.05) is 52.9 Å². The third kappa shape index (κ3) is 4.68. The SMILES string of the molecule is CN=C(NCc1noc(C)n1)N1CCN(CC(=O)N2CCCC2)CC1. The number of nitrogens with one attached hydrogen (secondary N) is 1. The highest BCUT2D eigenvalue weighted by molar-refractivity contribution is 5.80. The van der Waals surface area contributed by atoms with Gasteiger partial charge in [-0.15, -0.1) is 0 Å². The number of hydrogen-bond donors (Lipinski definition) is 1. The minimum Gasteiger partial charge on any atom is -0.349 e. The zero-order valence-corrected chi connectivity index (χ0v) is 15.1. The number of aliphatic imine (C=N–C) groups is 1. The molecule has 1 N–H and O–H groups in total. The standard InChI is InChI=1S/C16H27N7O2/c1-13-19-14(20-25-13)11-18-16(17-2)23-9-7-21(8-10-23)12-15(24)22-5-3-4-6-22/h3-12H2,1-2H3,(H,17,18). The van der Waals surface area contributed by atoms with Crippen LogP contribution < -0.4 is 5.32 Å². The molecular formula is C16H27N7O2. The van der Waals surface area contributed by atoms with Crippen LogP contribution >= 0.6 is 0 Å². The minimum atomic E-state index is 0.265. The van der Waals surface area contributed by atoms with Crippen LogP contribution in [0.25, 0.3) is 0 Å². The lowest BCUT2D eigenvalue weighted by Crippen LogP contribution is -2.54. The quantitative estimate of drug-likeness (QED) is 0.589. The second kappa shape index (κ2) is 8.28. The van der Waals surface area contributed by atoms with E-state index in [1.165, 1.54) is 0 Å². The van der Waals surface area contributed by atoms with Crippen molar-refractivity contribution in [2.24, 2.45) is 4.99 Å². The molecule has 3 heterocycles. The summed E-state index contributed by atoms with van der Waals surface area (Å²) in [6.45, 7) is 8.04. The Morgan fingerprint density at radius 2 is 1.88 bits per heavy atom. The van der Waals surface area contributed by atoms with Gasteiger partial charge in [-0.3, -0.25) is 14.7 Å². The van der Waals surface area contributed by atoms with Crippen LogP contribution in [-0.2, 0) is 11.3 Å². The Labute approximate surface area is 148 Å². The molecule has 2 aliphatic rings. The molecule has 3 rings (SSSR count). The number of guanidine groups is 1. The fraction of sp³-hybridized carbons (Fsp3) is 0.750. The molecule has 2 fully saturated rings. The smallest absolute Gasteiger partial charge is 0.236 e. The third-order valence-electron chi connectivity index (χ3n) is 4.68. The van der Waals surface area contributed by atoms with Gasteiger partial charge in [0.05, 0.1) is 13.1 Å². The van der Waals surface area contributed by atoms with Gasteiger partial charge in [0.15, 0.2) is 11.8 Å². The molecule has 0 unspecified atom stereocenters. The number of carbonyl (C=O) groups is 1. The predicted molar refractivity (Wildman–Crippen MR) is 93.1 cm³/mol. The molecule has 138 valence electrons. The average Bonchev–Trinajstić information content (AvgIpc) is 3.28. The van der Waals surface area contributed by atoms with Crippen LogP contribution in [0, 0.1) is 6.92 Å². The number of carbonyl (C=O) groups excluding carboxylic acids is 1. The summed E-state index contributed by atoms with van der Waals surface area (Å²) >= 11 is 0. The predicted octanol–water partition coefficient (Wildman–Crippen LogP) is -0.307. The highest BCUT2D eigenvalue weighted by Crippen LogP contribution is 2.09. The van der Waals surface area contributed by atoms with E-state index >= 15 is 0 Å². The van der Waals surface area contributed by atoms with E-state index in [-0.39, 0.29) is 5.91 Å². The molecule has 0 bridgehead atoms. The number of rotatable bonds is 4. The summed E-state index contributed by atoms with van der Waals surface area (Å²) in [5.74, 6) is 2.27.